The summed E-state index contributed by atoms with van der Waals surface area (Å²) in [6.07, 6.45) is 8.85. The third-order valence-corrected chi connectivity index (χ3v) is 4.09. The van der Waals surface area contributed by atoms with Gasteiger partial charge in [-0.15, -0.1) is 0 Å². The Bertz CT molecular complexity index is 715. The number of amides is 1. The van der Waals surface area contributed by atoms with Crippen LogP contribution in [0.4, 0.5) is 0 Å². The van der Waals surface area contributed by atoms with Crippen molar-refractivity contribution in [2.75, 3.05) is 0 Å². The average molecular weight is 310 g/mol. The summed E-state index contributed by atoms with van der Waals surface area (Å²) >= 11 is 0. The molecular formula is C18H22N4O. The van der Waals surface area contributed by atoms with Crippen molar-refractivity contribution in [1.82, 2.24) is 20.1 Å². The zero-order valence-electron chi connectivity index (χ0n) is 13.6. The van der Waals surface area contributed by atoms with Gasteiger partial charge in [0.05, 0.1) is 5.69 Å². The summed E-state index contributed by atoms with van der Waals surface area (Å²) in [4.78, 5) is 16.4. The molecule has 2 heterocycles. The van der Waals surface area contributed by atoms with Gasteiger partial charge in [-0.2, -0.15) is 5.10 Å². The first-order valence-corrected chi connectivity index (χ1v) is 8.04. The van der Waals surface area contributed by atoms with Gasteiger partial charge in [0, 0.05) is 24.9 Å². The molecule has 0 radical (unpaired) electrons. The number of hydrogen-bond acceptors (Lipinski definition) is 3. The molecular weight excluding hydrogens is 288 g/mol. The molecule has 0 bridgehead atoms. The minimum atomic E-state index is 0.101. The molecule has 2 aromatic heterocycles. The summed E-state index contributed by atoms with van der Waals surface area (Å²) in [7, 11) is 0. The van der Waals surface area contributed by atoms with Gasteiger partial charge in [-0.3, -0.25) is 4.79 Å². The SMILES string of the molecule is Cc1cc(C)n(-c2ccc(CNC(=O)CC3C=CCC3)cn2)n1. The molecule has 1 atom stereocenters. The Labute approximate surface area is 136 Å². The van der Waals surface area contributed by atoms with Crippen LogP contribution in [0.1, 0.15) is 36.2 Å². The molecule has 0 aromatic carbocycles. The molecule has 0 aliphatic heterocycles. The van der Waals surface area contributed by atoms with E-state index in [1.807, 2.05) is 36.7 Å². The molecule has 1 N–H and O–H groups in total. The first-order chi connectivity index (χ1) is 11.1. The highest BCUT2D eigenvalue weighted by atomic mass is 16.1. The van der Waals surface area contributed by atoms with E-state index in [2.05, 4.69) is 27.6 Å². The summed E-state index contributed by atoms with van der Waals surface area (Å²) in [6, 6.07) is 5.93. The van der Waals surface area contributed by atoms with Gasteiger partial charge in [0.25, 0.3) is 0 Å². The molecule has 0 saturated heterocycles. The largest absolute Gasteiger partial charge is 0.352 e. The molecule has 120 valence electrons. The Morgan fingerprint density at radius 1 is 1.39 bits per heavy atom. The number of aromatic nitrogens is 3. The van der Waals surface area contributed by atoms with E-state index in [0.29, 0.717) is 18.9 Å². The lowest BCUT2D eigenvalue weighted by Gasteiger charge is -2.09. The van der Waals surface area contributed by atoms with Crippen LogP contribution in [0, 0.1) is 19.8 Å². The predicted molar refractivity (Wildman–Crippen MR) is 89.2 cm³/mol. The van der Waals surface area contributed by atoms with Crippen LogP contribution in [0.15, 0.2) is 36.5 Å². The highest BCUT2D eigenvalue weighted by Crippen LogP contribution is 2.20. The lowest BCUT2D eigenvalue weighted by atomic mass is 10.1. The number of nitrogens with one attached hydrogen (secondary N) is 1. The van der Waals surface area contributed by atoms with Crippen LogP contribution in [0.3, 0.4) is 0 Å². The van der Waals surface area contributed by atoms with Gasteiger partial charge in [-0.05, 0) is 50.3 Å². The maximum Gasteiger partial charge on any atom is 0.220 e. The van der Waals surface area contributed by atoms with Gasteiger partial charge in [0.1, 0.15) is 0 Å². The maximum atomic E-state index is 11.9. The van der Waals surface area contributed by atoms with Crippen LogP contribution < -0.4 is 5.32 Å². The number of hydrogen-bond donors (Lipinski definition) is 1. The second kappa shape index (κ2) is 6.77. The lowest BCUT2D eigenvalue weighted by molar-refractivity contribution is -0.121. The van der Waals surface area contributed by atoms with Crippen LogP contribution >= 0.6 is 0 Å². The van der Waals surface area contributed by atoms with Gasteiger partial charge in [-0.25, -0.2) is 9.67 Å². The molecule has 3 rings (SSSR count). The van der Waals surface area contributed by atoms with E-state index in [4.69, 9.17) is 0 Å². The Morgan fingerprint density at radius 3 is 2.87 bits per heavy atom. The fourth-order valence-corrected chi connectivity index (χ4v) is 2.88. The number of carbonyl (C=O) groups is 1. The standard InChI is InChI=1S/C18H22N4O/c1-13-9-14(2)22(21-13)17-8-7-16(11-19-17)12-20-18(23)10-15-5-3-4-6-15/h3,5,7-9,11,15H,4,6,10,12H2,1-2H3,(H,20,23). The van der Waals surface area contributed by atoms with Gasteiger partial charge in [-0.1, -0.05) is 18.2 Å². The van der Waals surface area contributed by atoms with Crippen molar-refractivity contribution in [3.63, 3.8) is 0 Å². The van der Waals surface area contributed by atoms with E-state index in [1.54, 1.807) is 6.20 Å². The van der Waals surface area contributed by atoms with E-state index < -0.39 is 0 Å². The van der Waals surface area contributed by atoms with Crippen molar-refractivity contribution >= 4 is 5.91 Å². The molecule has 1 aliphatic rings. The molecule has 23 heavy (non-hydrogen) atoms. The Kier molecular flexibility index (Phi) is 4.55. The molecule has 5 nitrogen and oxygen atoms in total. The summed E-state index contributed by atoms with van der Waals surface area (Å²) < 4.78 is 1.82. The zero-order chi connectivity index (χ0) is 16.2. The summed E-state index contributed by atoms with van der Waals surface area (Å²) in [6.45, 7) is 4.49. The normalized spacial score (nSPS) is 16.7. The van der Waals surface area contributed by atoms with E-state index in [0.717, 1.165) is 35.6 Å². The maximum absolute atomic E-state index is 11.9. The molecule has 5 heteroatoms. The highest BCUT2D eigenvalue weighted by Gasteiger charge is 2.13. The highest BCUT2D eigenvalue weighted by molar-refractivity contribution is 5.76. The van der Waals surface area contributed by atoms with E-state index in [-0.39, 0.29) is 5.91 Å². The smallest absolute Gasteiger partial charge is 0.220 e. The molecule has 2 aromatic rings. The summed E-state index contributed by atoms with van der Waals surface area (Å²) in [5, 5.41) is 7.39. The third-order valence-electron chi connectivity index (χ3n) is 4.09. The first-order valence-electron chi connectivity index (χ1n) is 8.04. The van der Waals surface area contributed by atoms with Crippen LogP contribution in [0.25, 0.3) is 5.82 Å². The Hall–Kier alpha value is -2.43. The minimum absolute atomic E-state index is 0.101. The second-order valence-electron chi connectivity index (χ2n) is 6.11. The van der Waals surface area contributed by atoms with Crippen LogP contribution in [0.2, 0.25) is 0 Å². The number of rotatable bonds is 5. The van der Waals surface area contributed by atoms with Crippen molar-refractivity contribution in [1.29, 1.82) is 0 Å². The van der Waals surface area contributed by atoms with Gasteiger partial charge < -0.3 is 5.32 Å². The quantitative estimate of drug-likeness (QED) is 0.864. The minimum Gasteiger partial charge on any atom is -0.352 e. The van der Waals surface area contributed by atoms with Crippen molar-refractivity contribution < 1.29 is 4.79 Å². The van der Waals surface area contributed by atoms with Gasteiger partial charge in [0.15, 0.2) is 5.82 Å². The number of allylic oxidation sites excluding steroid dienone is 2. The van der Waals surface area contributed by atoms with E-state index in [9.17, 15) is 4.79 Å². The number of carbonyl (C=O) groups excluding carboxylic acids is 1. The number of pyridine rings is 1. The predicted octanol–water partition coefficient (Wildman–Crippen LogP) is 2.86. The monoisotopic (exact) mass is 310 g/mol. The van der Waals surface area contributed by atoms with Crippen molar-refractivity contribution in [3.8, 4) is 5.82 Å². The molecule has 0 saturated carbocycles. The molecule has 1 aliphatic carbocycles. The number of nitrogens with zero attached hydrogens (tertiary/aromatic N) is 3. The molecule has 0 spiro atoms. The Balaban J connectivity index is 1.56. The molecule has 0 fully saturated rings. The Morgan fingerprint density at radius 2 is 2.26 bits per heavy atom. The van der Waals surface area contributed by atoms with Crippen LogP contribution in [0.5, 0.6) is 0 Å². The van der Waals surface area contributed by atoms with E-state index >= 15 is 0 Å². The summed E-state index contributed by atoms with van der Waals surface area (Å²) in [5.74, 6) is 1.30. The molecule has 1 unspecified atom stereocenters. The van der Waals surface area contributed by atoms with Crippen molar-refractivity contribution in [2.45, 2.75) is 39.7 Å². The fraction of sp³-hybridized carbons (Fsp3) is 0.389. The first kappa shape index (κ1) is 15.5. The van der Waals surface area contributed by atoms with Gasteiger partial charge in [0.2, 0.25) is 5.91 Å². The fourth-order valence-electron chi connectivity index (χ4n) is 2.88. The second-order valence-corrected chi connectivity index (χ2v) is 6.11. The van der Waals surface area contributed by atoms with Gasteiger partial charge >= 0.3 is 0 Å². The lowest BCUT2D eigenvalue weighted by Crippen LogP contribution is -2.24. The van der Waals surface area contributed by atoms with Crippen LogP contribution in [-0.2, 0) is 11.3 Å². The van der Waals surface area contributed by atoms with E-state index in [1.165, 1.54) is 0 Å². The zero-order valence-corrected chi connectivity index (χ0v) is 13.6. The molecule has 1 amide bonds. The topological polar surface area (TPSA) is 59.8 Å². The average Bonchev–Trinajstić information content (AvgIpc) is 3.15. The van der Waals surface area contributed by atoms with Crippen molar-refractivity contribution in [2.24, 2.45) is 5.92 Å². The number of aryl methyl sites for hydroxylation is 2. The third kappa shape index (κ3) is 3.86. The summed E-state index contributed by atoms with van der Waals surface area (Å²) in [5.41, 5.74) is 3.02. The van der Waals surface area contributed by atoms with Crippen molar-refractivity contribution in [3.05, 3.63) is 53.5 Å². The van der Waals surface area contributed by atoms with Crippen LogP contribution in [-0.4, -0.2) is 20.7 Å².